The van der Waals surface area contributed by atoms with Crippen molar-refractivity contribution >= 4 is 11.6 Å². The minimum atomic E-state index is -0.680. The highest BCUT2D eigenvalue weighted by molar-refractivity contribution is 5.96. The molecule has 0 aliphatic heterocycles. The van der Waals surface area contributed by atoms with Gasteiger partial charge in [0.15, 0.2) is 0 Å². The number of hydrogen-bond donors (Lipinski definition) is 0. The fraction of sp³-hybridized carbons (Fsp3) is 0.300. The van der Waals surface area contributed by atoms with E-state index in [0.717, 1.165) is 5.69 Å². The van der Waals surface area contributed by atoms with E-state index in [1.165, 1.54) is 4.90 Å². The van der Waals surface area contributed by atoms with Crippen molar-refractivity contribution in [2.45, 2.75) is 13.0 Å². The van der Waals surface area contributed by atoms with Crippen LogP contribution in [-0.2, 0) is 4.79 Å². The largest absolute Gasteiger partial charge is 0.315 e. The van der Waals surface area contributed by atoms with Gasteiger partial charge in [-0.25, -0.2) is 0 Å². The average Bonchev–Trinajstić information content (AvgIpc) is 2.28. The molecular weight excluding hydrogens is 192 g/mol. The summed E-state index contributed by atoms with van der Waals surface area (Å²) < 4.78 is 0. The standard InChI is InChI=1S/C10H12N4O/c1-8(12-13-11)10(15)14(2)9-6-4-3-5-7-9/h3-8H,1-2H3. The van der Waals surface area contributed by atoms with Crippen LogP contribution in [-0.4, -0.2) is 19.0 Å². The average molecular weight is 204 g/mol. The molecule has 0 aliphatic carbocycles. The van der Waals surface area contributed by atoms with Gasteiger partial charge in [-0.3, -0.25) is 4.79 Å². The van der Waals surface area contributed by atoms with Crippen LogP contribution in [0.5, 0.6) is 0 Å². The summed E-state index contributed by atoms with van der Waals surface area (Å²) in [7, 11) is 1.65. The molecule has 0 N–H and O–H groups in total. The predicted molar refractivity (Wildman–Crippen MR) is 58.5 cm³/mol. The molecule has 0 spiro atoms. The van der Waals surface area contributed by atoms with E-state index in [4.69, 9.17) is 5.53 Å². The zero-order valence-corrected chi connectivity index (χ0v) is 8.66. The van der Waals surface area contributed by atoms with Crippen LogP contribution in [0.1, 0.15) is 6.92 Å². The molecule has 0 bridgehead atoms. The number of amides is 1. The number of anilines is 1. The Morgan fingerprint density at radius 1 is 1.47 bits per heavy atom. The molecule has 0 heterocycles. The van der Waals surface area contributed by atoms with Gasteiger partial charge < -0.3 is 4.90 Å². The third-order valence-electron chi connectivity index (χ3n) is 2.06. The number of benzene rings is 1. The summed E-state index contributed by atoms with van der Waals surface area (Å²) in [5.41, 5.74) is 9.01. The molecule has 15 heavy (non-hydrogen) atoms. The highest BCUT2D eigenvalue weighted by Crippen LogP contribution is 2.12. The third kappa shape index (κ3) is 2.72. The Balaban J connectivity index is 2.81. The summed E-state index contributed by atoms with van der Waals surface area (Å²) in [5, 5.41) is 3.36. The highest BCUT2D eigenvalue weighted by atomic mass is 16.2. The second-order valence-electron chi connectivity index (χ2n) is 3.11. The van der Waals surface area contributed by atoms with E-state index in [-0.39, 0.29) is 5.91 Å². The molecule has 0 aliphatic rings. The van der Waals surface area contributed by atoms with Crippen LogP contribution in [0.15, 0.2) is 35.4 Å². The summed E-state index contributed by atoms with van der Waals surface area (Å²) in [6.45, 7) is 1.57. The van der Waals surface area contributed by atoms with Crippen molar-refractivity contribution in [2.24, 2.45) is 5.11 Å². The van der Waals surface area contributed by atoms with Crippen molar-refractivity contribution in [1.82, 2.24) is 0 Å². The zero-order valence-electron chi connectivity index (χ0n) is 8.66. The van der Waals surface area contributed by atoms with Gasteiger partial charge in [-0.1, -0.05) is 23.3 Å². The lowest BCUT2D eigenvalue weighted by atomic mass is 10.2. The number of nitrogens with zero attached hydrogens (tertiary/aromatic N) is 4. The smallest absolute Gasteiger partial charge is 0.235 e. The molecule has 0 saturated heterocycles. The lowest BCUT2D eigenvalue weighted by molar-refractivity contribution is -0.119. The molecule has 1 amide bonds. The Morgan fingerprint density at radius 2 is 2.07 bits per heavy atom. The summed E-state index contributed by atoms with van der Waals surface area (Å²) in [6.07, 6.45) is 0. The molecule has 0 radical (unpaired) electrons. The van der Waals surface area contributed by atoms with Crippen molar-refractivity contribution in [3.63, 3.8) is 0 Å². The molecule has 1 rings (SSSR count). The topological polar surface area (TPSA) is 69.1 Å². The fourth-order valence-electron chi connectivity index (χ4n) is 1.19. The first kappa shape index (κ1) is 11.1. The predicted octanol–water partition coefficient (Wildman–Crippen LogP) is 2.35. The van der Waals surface area contributed by atoms with Crippen LogP contribution in [0.3, 0.4) is 0 Å². The summed E-state index contributed by atoms with van der Waals surface area (Å²) >= 11 is 0. The van der Waals surface area contributed by atoms with E-state index in [9.17, 15) is 4.79 Å². The number of rotatable bonds is 3. The molecule has 1 aromatic rings. The minimum Gasteiger partial charge on any atom is -0.315 e. The number of para-hydroxylation sites is 1. The van der Waals surface area contributed by atoms with Crippen molar-refractivity contribution in [3.8, 4) is 0 Å². The van der Waals surface area contributed by atoms with Crippen LogP contribution in [0.25, 0.3) is 10.4 Å². The first-order valence-corrected chi connectivity index (χ1v) is 4.53. The van der Waals surface area contributed by atoms with Gasteiger partial charge in [0.1, 0.15) is 6.04 Å². The van der Waals surface area contributed by atoms with Crippen LogP contribution >= 0.6 is 0 Å². The van der Waals surface area contributed by atoms with Gasteiger partial charge in [-0.05, 0) is 24.6 Å². The van der Waals surface area contributed by atoms with Crippen molar-refractivity contribution in [2.75, 3.05) is 11.9 Å². The van der Waals surface area contributed by atoms with Crippen molar-refractivity contribution in [1.29, 1.82) is 0 Å². The zero-order chi connectivity index (χ0) is 11.3. The SMILES string of the molecule is CC(N=[N+]=[N-])C(=O)N(C)c1ccccc1. The number of azide groups is 1. The van der Waals surface area contributed by atoms with Crippen LogP contribution in [0.4, 0.5) is 5.69 Å². The molecule has 0 fully saturated rings. The van der Waals surface area contributed by atoms with Crippen molar-refractivity contribution in [3.05, 3.63) is 40.8 Å². The quantitative estimate of drug-likeness (QED) is 0.423. The lowest BCUT2D eigenvalue weighted by Gasteiger charge is -2.18. The van der Waals surface area contributed by atoms with Gasteiger partial charge in [-0.15, -0.1) is 0 Å². The number of carbonyl (C=O) groups excluding carboxylic acids is 1. The molecule has 0 saturated carbocycles. The molecular formula is C10H12N4O. The molecule has 78 valence electrons. The first-order valence-electron chi connectivity index (χ1n) is 4.53. The monoisotopic (exact) mass is 204 g/mol. The second-order valence-corrected chi connectivity index (χ2v) is 3.11. The molecule has 5 heteroatoms. The molecule has 1 unspecified atom stereocenters. The van der Waals surface area contributed by atoms with E-state index in [1.54, 1.807) is 14.0 Å². The van der Waals surface area contributed by atoms with Crippen LogP contribution in [0.2, 0.25) is 0 Å². The minimum absolute atomic E-state index is 0.223. The Hall–Kier alpha value is -2.00. The molecule has 5 nitrogen and oxygen atoms in total. The maximum absolute atomic E-state index is 11.7. The van der Waals surface area contributed by atoms with Crippen LogP contribution in [0, 0.1) is 0 Å². The Kier molecular flexibility index (Phi) is 3.71. The summed E-state index contributed by atoms with van der Waals surface area (Å²) in [6, 6.07) is 8.52. The third-order valence-corrected chi connectivity index (χ3v) is 2.06. The van der Waals surface area contributed by atoms with Gasteiger partial charge >= 0.3 is 0 Å². The first-order chi connectivity index (χ1) is 7.16. The highest BCUT2D eigenvalue weighted by Gasteiger charge is 2.16. The maximum atomic E-state index is 11.7. The summed E-state index contributed by atoms with van der Waals surface area (Å²) in [4.78, 5) is 15.8. The van der Waals surface area contributed by atoms with E-state index >= 15 is 0 Å². The Labute approximate surface area is 87.9 Å². The van der Waals surface area contributed by atoms with Crippen molar-refractivity contribution < 1.29 is 4.79 Å². The Bertz CT molecular complexity index is 384. The van der Waals surface area contributed by atoms with Crippen LogP contribution < -0.4 is 4.90 Å². The molecule has 1 aromatic carbocycles. The van der Waals surface area contributed by atoms with E-state index < -0.39 is 6.04 Å². The number of likely N-dealkylation sites (N-methyl/N-ethyl adjacent to an activating group) is 1. The van der Waals surface area contributed by atoms with Gasteiger partial charge in [-0.2, -0.15) is 0 Å². The normalized spacial score (nSPS) is 11.3. The van der Waals surface area contributed by atoms with Gasteiger partial charge in [0.05, 0.1) is 0 Å². The van der Waals surface area contributed by atoms with E-state index in [0.29, 0.717) is 0 Å². The van der Waals surface area contributed by atoms with E-state index in [2.05, 4.69) is 10.0 Å². The second kappa shape index (κ2) is 5.02. The number of hydrogen-bond acceptors (Lipinski definition) is 2. The Morgan fingerprint density at radius 3 is 2.60 bits per heavy atom. The lowest BCUT2D eigenvalue weighted by Crippen LogP contribution is -2.33. The fourth-order valence-corrected chi connectivity index (χ4v) is 1.19. The van der Waals surface area contributed by atoms with E-state index in [1.807, 2.05) is 30.3 Å². The van der Waals surface area contributed by atoms with Gasteiger partial charge in [0.25, 0.3) is 0 Å². The molecule has 1 atom stereocenters. The molecule has 0 aromatic heterocycles. The maximum Gasteiger partial charge on any atom is 0.235 e. The van der Waals surface area contributed by atoms with Gasteiger partial charge in [0, 0.05) is 17.6 Å². The number of carbonyl (C=O) groups is 1. The summed E-state index contributed by atoms with van der Waals surface area (Å²) in [5.74, 6) is -0.223. The van der Waals surface area contributed by atoms with Gasteiger partial charge in [0.2, 0.25) is 5.91 Å².